The molecule has 1 heterocycles. The first-order chi connectivity index (χ1) is 12.5. The molecule has 0 fully saturated rings. The van der Waals surface area contributed by atoms with E-state index in [2.05, 4.69) is 21.2 Å². The minimum Gasteiger partial charge on any atom is -0.397 e. The molecule has 7 heteroatoms. The molecule has 0 saturated carbocycles. The molecule has 0 aliphatic rings. The minimum atomic E-state index is -0.322. The number of benzene rings is 2. The Morgan fingerprint density at radius 3 is 2.35 bits per heavy atom. The molecule has 0 aliphatic carbocycles. The number of hydrogen-bond acceptors (Lipinski definition) is 5. The van der Waals surface area contributed by atoms with Gasteiger partial charge in [0.05, 0.1) is 20.3 Å². The Labute approximate surface area is 167 Å². The Morgan fingerprint density at radius 1 is 1.08 bits per heavy atom. The summed E-state index contributed by atoms with van der Waals surface area (Å²) in [5.41, 5.74) is 7.99. The molecule has 0 saturated heterocycles. The number of carbonyl (C=O) groups excluding carboxylic acids is 2. The predicted molar refractivity (Wildman–Crippen MR) is 112 cm³/mol. The van der Waals surface area contributed by atoms with Gasteiger partial charge in [-0.25, -0.2) is 0 Å². The fourth-order valence-corrected chi connectivity index (χ4v) is 4.56. The summed E-state index contributed by atoms with van der Waals surface area (Å²) in [6.07, 6.45) is 1.86. The van der Waals surface area contributed by atoms with Crippen molar-refractivity contribution >= 4 is 62.1 Å². The molecule has 132 valence electrons. The fourth-order valence-electron chi connectivity index (χ4n) is 2.40. The average Bonchev–Trinajstić information content (AvgIpc) is 3.00. The lowest BCUT2D eigenvalue weighted by atomic mass is 10.1. The maximum absolute atomic E-state index is 12.8. The normalized spacial score (nSPS) is 10.5. The number of nitrogen functional groups attached to an aromatic ring is 1. The molecule has 3 aromatic rings. The molecule has 0 unspecified atom stereocenters. The molecule has 0 bridgehead atoms. The first kappa shape index (κ1) is 18.7. The van der Waals surface area contributed by atoms with E-state index in [-0.39, 0.29) is 17.4 Å². The molecule has 0 atom stereocenters. The zero-order chi connectivity index (χ0) is 18.7. The predicted octanol–water partition coefficient (Wildman–Crippen LogP) is 5.30. The van der Waals surface area contributed by atoms with Gasteiger partial charge in [0.15, 0.2) is 0 Å². The van der Waals surface area contributed by atoms with Gasteiger partial charge in [-0.2, -0.15) is 0 Å². The molecule has 4 nitrogen and oxygen atoms in total. The number of nitrogens with one attached hydrogen (secondary N) is 1. The second kappa shape index (κ2) is 8.07. The quantitative estimate of drug-likeness (QED) is 0.411. The van der Waals surface area contributed by atoms with Gasteiger partial charge in [-0.05, 0) is 30.5 Å². The molecule has 3 rings (SSSR count). The van der Waals surface area contributed by atoms with Crippen molar-refractivity contribution in [1.29, 1.82) is 0 Å². The number of hydrogen-bond donors (Lipinski definition) is 2. The largest absolute Gasteiger partial charge is 0.397 e. The van der Waals surface area contributed by atoms with E-state index in [0.29, 0.717) is 21.7 Å². The van der Waals surface area contributed by atoms with Crippen molar-refractivity contribution in [2.24, 2.45) is 0 Å². The van der Waals surface area contributed by atoms with Crippen LogP contribution in [0, 0.1) is 0 Å². The van der Waals surface area contributed by atoms with Gasteiger partial charge in [0, 0.05) is 15.7 Å². The summed E-state index contributed by atoms with van der Waals surface area (Å²) in [5.74, 6) is -0.497. The number of ketones is 1. The highest BCUT2D eigenvalue weighted by Gasteiger charge is 2.25. The van der Waals surface area contributed by atoms with E-state index in [1.165, 1.54) is 23.1 Å². The SMILES string of the molecule is CSc1sc(C(=O)c2ccccc2)c(N)c1C(=O)Nc1ccc(Br)cc1. The van der Waals surface area contributed by atoms with Crippen LogP contribution < -0.4 is 11.1 Å². The monoisotopic (exact) mass is 446 g/mol. The second-order valence-corrected chi connectivity index (χ2v) is 8.38. The fraction of sp³-hybridized carbons (Fsp3) is 0.0526. The summed E-state index contributed by atoms with van der Waals surface area (Å²) in [7, 11) is 0. The van der Waals surface area contributed by atoms with E-state index < -0.39 is 0 Å². The first-order valence-electron chi connectivity index (χ1n) is 7.64. The van der Waals surface area contributed by atoms with Crippen molar-refractivity contribution in [3.63, 3.8) is 0 Å². The van der Waals surface area contributed by atoms with Crippen LogP contribution in [0.15, 0.2) is 63.3 Å². The molecule has 1 aromatic heterocycles. The maximum atomic E-state index is 12.8. The Balaban J connectivity index is 1.94. The van der Waals surface area contributed by atoms with Gasteiger partial charge >= 0.3 is 0 Å². The number of anilines is 2. The van der Waals surface area contributed by atoms with Crippen molar-refractivity contribution in [3.05, 3.63) is 75.1 Å². The lowest BCUT2D eigenvalue weighted by Gasteiger charge is -2.07. The topological polar surface area (TPSA) is 72.2 Å². The van der Waals surface area contributed by atoms with Gasteiger partial charge in [-0.15, -0.1) is 23.1 Å². The van der Waals surface area contributed by atoms with Crippen molar-refractivity contribution in [3.8, 4) is 0 Å². The summed E-state index contributed by atoms with van der Waals surface area (Å²) in [6.45, 7) is 0. The van der Waals surface area contributed by atoms with Gasteiger partial charge in [0.25, 0.3) is 5.91 Å². The molecule has 0 aliphatic heterocycles. The molecule has 26 heavy (non-hydrogen) atoms. The van der Waals surface area contributed by atoms with Crippen molar-refractivity contribution in [2.75, 3.05) is 17.3 Å². The van der Waals surface area contributed by atoms with Crippen LogP contribution >= 0.6 is 39.0 Å². The van der Waals surface area contributed by atoms with E-state index in [9.17, 15) is 9.59 Å². The van der Waals surface area contributed by atoms with Crippen molar-refractivity contribution in [1.82, 2.24) is 0 Å². The lowest BCUT2D eigenvalue weighted by Crippen LogP contribution is -2.14. The van der Waals surface area contributed by atoms with Gasteiger partial charge in [0.1, 0.15) is 0 Å². The van der Waals surface area contributed by atoms with Crippen LogP contribution in [-0.2, 0) is 0 Å². The summed E-state index contributed by atoms with van der Waals surface area (Å²) in [5, 5.41) is 2.84. The number of halogens is 1. The molecule has 2 aromatic carbocycles. The lowest BCUT2D eigenvalue weighted by molar-refractivity contribution is 0.102. The standard InChI is InChI=1S/C19H15BrN2O2S2/c1-25-19-14(18(24)22-13-9-7-12(20)8-10-13)15(21)17(26-19)16(23)11-5-3-2-4-6-11/h2-10H,21H2,1H3,(H,22,24). The summed E-state index contributed by atoms with van der Waals surface area (Å²) in [4.78, 5) is 25.9. The van der Waals surface area contributed by atoms with Crippen molar-refractivity contribution < 1.29 is 9.59 Å². The van der Waals surface area contributed by atoms with E-state index in [4.69, 9.17) is 5.73 Å². The summed E-state index contributed by atoms with van der Waals surface area (Å²) < 4.78 is 1.64. The molecule has 0 spiro atoms. The zero-order valence-electron chi connectivity index (χ0n) is 13.8. The molecule has 0 radical (unpaired) electrons. The highest BCUT2D eigenvalue weighted by Crippen LogP contribution is 2.38. The van der Waals surface area contributed by atoms with E-state index in [1.54, 1.807) is 36.4 Å². The highest BCUT2D eigenvalue weighted by molar-refractivity contribution is 9.10. The van der Waals surface area contributed by atoms with Crippen LogP contribution in [0.25, 0.3) is 0 Å². The molecular weight excluding hydrogens is 432 g/mol. The van der Waals surface area contributed by atoms with Crippen LogP contribution in [0.3, 0.4) is 0 Å². The zero-order valence-corrected chi connectivity index (χ0v) is 17.0. The third-order valence-corrected chi connectivity index (χ3v) is 6.52. The Morgan fingerprint density at radius 2 is 1.73 bits per heavy atom. The van der Waals surface area contributed by atoms with E-state index in [0.717, 1.165) is 8.68 Å². The third-order valence-electron chi connectivity index (χ3n) is 3.67. The maximum Gasteiger partial charge on any atom is 0.259 e. The van der Waals surface area contributed by atoms with Crippen LogP contribution in [0.4, 0.5) is 11.4 Å². The average molecular weight is 447 g/mol. The van der Waals surface area contributed by atoms with Crippen molar-refractivity contribution in [2.45, 2.75) is 4.21 Å². The van der Waals surface area contributed by atoms with Crippen LogP contribution in [-0.4, -0.2) is 17.9 Å². The number of nitrogens with two attached hydrogens (primary N) is 1. The highest BCUT2D eigenvalue weighted by atomic mass is 79.9. The van der Waals surface area contributed by atoms with E-state index in [1.807, 2.05) is 24.5 Å². The molecule has 1 amide bonds. The van der Waals surface area contributed by atoms with Crippen LogP contribution in [0.5, 0.6) is 0 Å². The van der Waals surface area contributed by atoms with Gasteiger partial charge in [0.2, 0.25) is 5.78 Å². The molecule has 3 N–H and O–H groups in total. The third kappa shape index (κ3) is 3.85. The smallest absolute Gasteiger partial charge is 0.259 e. The summed E-state index contributed by atoms with van der Waals surface area (Å²) >= 11 is 6.01. The number of thioether (sulfide) groups is 1. The number of amides is 1. The summed E-state index contributed by atoms with van der Waals surface area (Å²) in [6, 6.07) is 16.2. The van der Waals surface area contributed by atoms with E-state index >= 15 is 0 Å². The number of rotatable bonds is 5. The minimum absolute atomic E-state index is 0.175. The van der Waals surface area contributed by atoms with Gasteiger partial charge < -0.3 is 11.1 Å². The van der Waals surface area contributed by atoms with Gasteiger partial charge in [-0.1, -0.05) is 46.3 Å². The van der Waals surface area contributed by atoms with Gasteiger partial charge in [-0.3, -0.25) is 9.59 Å². The Kier molecular flexibility index (Phi) is 5.80. The Bertz CT molecular complexity index is 954. The molecular formula is C19H15BrN2O2S2. The van der Waals surface area contributed by atoms with Crippen LogP contribution in [0.1, 0.15) is 25.6 Å². The Hall–Kier alpha value is -2.09. The van der Waals surface area contributed by atoms with Crippen LogP contribution in [0.2, 0.25) is 0 Å². The number of thiophene rings is 1. The first-order valence-corrected chi connectivity index (χ1v) is 10.5. The second-order valence-electron chi connectivity index (χ2n) is 5.37. The number of carbonyl (C=O) groups is 2.